The van der Waals surface area contributed by atoms with Gasteiger partial charge in [-0.2, -0.15) is 13.2 Å². The van der Waals surface area contributed by atoms with Gasteiger partial charge < -0.3 is 4.90 Å². The van der Waals surface area contributed by atoms with Crippen molar-refractivity contribution < 1.29 is 13.2 Å². The molecule has 5 heteroatoms. The van der Waals surface area contributed by atoms with Gasteiger partial charge in [0.2, 0.25) is 0 Å². The second-order valence-electron chi connectivity index (χ2n) is 4.90. The van der Waals surface area contributed by atoms with Crippen LogP contribution in [-0.2, 0) is 0 Å². The largest absolute Gasteiger partial charge is 0.402 e. The van der Waals surface area contributed by atoms with E-state index in [1.54, 1.807) is 0 Å². The summed E-state index contributed by atoms with van der Waals surface area (Å²) in [6.45, 7) is 3.87. The highest BCUT2D eigenvalue weighted by molar-refractivity contribution is 9.09. The Bertz CT molecular complexity index is 220. The summed E-state index contributed by atoms with van der Waals surface area (Å²) in [7, 11) is 0. The zero-order chi connectivity index (χ0) is 12.9. The van der Waals surface area contributed by atoms with Gasteiger partial charge in [0.1, 0.15) is 4.83 Å². The van der Waals surface area contributed by atoms with Crippen molar-refractivity contribution in [3.05, 3.63) is 0 Å². The molecule has 1 aliphatic rings. The van der Waals surface area contributed by atoms with Crippen molar-refractivity contribution in [2.75, 3.05) is 19.6 Å². The molecular formula is C12H21BrF3N. The highest BCUT2D eigenvalue weighted by Gasteiger charge is 2.38. The van der Waals surface area contributed by atoms with E-state index in [1.807, 2.05) is 4.90 Å². The molecule has 0 bridgehead atoms. The zero-order valence-electron chi connectivity index (χ0n) is 10.3. The van der Waals surface area contributed by atoms with Gasteiger partial charge in [0.25, 0.3) is 0 Å². The van der Waals surface area contributed by atoms with Crippen molar-refractivity contribution in [3.8, 4) is 0 Å². The molecule has 0 amide bonds. The van der Waals surface area contributed by atoms with Gasteiger partial charge >= 0.3 is 6.18 Å². The third-order valence-corrected chi connectivity index (χ3v) is 4.22. The third kappa shape index (κ3) is 5.60. The van der Waals surface area contributed by atoms with Gasteiger partial charge in [-0.25, -0.2) is 0 Å². The number of nitrogens with zero attached hydrogens (tertiary/aromatic N) is 1. The predicted octanol–water partition coefficient (Wildman–Crippen LogP) is 4.21. The van der Waals surface area contributed by atoms with E-state index in [0.29, 0.717) is 5.92 Å². The first-order valence-electron chi connectivity index (χ1n) is 6.36. The summed E-state index contributed by atoms with van der Waals surface area (Å²) in [4.78, 5) is 0.556. The normalized spacial score (nSPS) is 25.6. The maximum Gasteiger partial charge on any atom is 0.402 e. The van der Waals surface area contributed by atoms with E-state index in [-0.39, 0.29) is 6.54 Å². The van der Waals surface area contributed by atoms with Gasteiger partial charge in [0, 0.05) is 6.54 Å². The molecule has 17 heavy (non-hydrogen) atoms. The molecule has 0 saturated carbocycles. The van der Waals surface area contributed by atoms with Crippen LogP contribution in [0.15, 0.2) is 0 Å². The Balaban J connectivity index is 2.36. The van der Waals surface area contributed by atoms with Gasteiger partial charge in [-0.1, -0.05) is 35.7 Å². The minimum atomic E-state index is -4.13. The number of likely N-dealkylation sites (tertiary alicyclic amines) is 1. The number of rotatable bonds is 4. The lowest BCUT2D eigenvalue weighted by Gasteiger charge is -2.24. The molecule has 0 aromatic heterocycles. The summed E-state index contributed by atoms with van der Waals surface area (Å²) in [5.74, 6) is 0.713. The molecule has 0 aromatic rings. The van der Waals surface area contributed by atoms with Crippen LogP contribution >= 0.6 is 15.9 Å². The first kappa shape index (κ1) is 15.3. The second kappa shape index (κ2) is 6.98. The highest BCUT2D eigenvalue weighted by Crippen LogP contribution is 2.28. The fraction of sp³-hybridized carbons (Fsp3) is 1.00. The molecule has 0 radical (unpaired) electrons. The number of hydrogen-bond donors (Lipinski definition) is 0. The molecular weight excluding hydrogens is 295 g/mol. The molecule has 0 spiro atoms. The van der Waals surface area contributed by atoms with E-state index in [1.165, 1.54) is 19.3 Å². The molecule has 0 aliphatic carbocycles. The smallest absolute Gasteiger partial charge is 0.302 e. The Morgan fingerprint density at radius 1 is 1.29 bits per heavy atom. The molecule has 1 rings (SSSR count). The Labute approximate surface area is 110 Å². The third-order valence-electron chi connectivity index (χ3n) is 3.41. The SMILES string of the molecule is CCCC1CCCN(CC(Br)C(F)(F)F)CC1. The van der Waals surface area contributed by atoms with Crippen molar-refractivity contribution >= 4 is 15.9 Å². The average Bonchev–Trinajstić information content (AvgIpc) is 2.43. The zero-order valence-corrected chi connectivity index (χ0v) is 11.9. The lowest BCUT2D eigenvalue weighted by Crippen LogP contribution is -2.37. The predicted molar refractivity (Wildman–Crippen MR) is 67.5 cm³/mol. The minimum absolute atomic E-state index is 0.0857. The summed E-state index contributed by atoms with van der Waals surface area (Å²) in [6, 6.07) is 0. The number of alkyl halides is 4. The van der Waals surface area contributed by atoms with Gasteiger partial charge in [-0.3, -0.25) is 0 Å². The Morgan fingerprint density at radius 2 is 2.00 bits per heavy atom. The topological polar surface area (TPSA) is 3.24 Å². The number of halogens is 4. The molecule has 1 nitrogen and oxygen atoms in total. The molecule has 2 atom stereocenters. The molecule has 0 aromatic carbocycles. The van der Waals surface area contributed by atoms with Crippen LogP contribution in [0.3, 0.4) is 0 Å². The molecule has 1 saturated heterocycles. The summed E-state index contributed by atoms with van der Waals surface area (Å²) in [5.41, 5.74) is 0. The van der Waals surface area contributed by atoms with E-state index in [0.717, 1.165) is 25.9 Å². The Morgan fingerprint density at radius 3 is 2.59 bits per heavy atom. The van der Waals surface area contributed by atoms with E-state index in [4.69, 9.17) is 0 Å². The van der Waals surface area contributed by atoms with Crippen LogP contribution in [0.5, 0.6) is 0 Å². The summed E-state index contributed by atoms with van der Waals surface area (Å²) < 4.78 is 37.3. The quantitative estimate of drug-likeness (QED) is 0.702. The molecule has 1 heterocycles. The molecule has 102 valence electrons. The maximum atomic E-state index is 12.4. The fourth-order valence-electron chi connectivity index (χ4n) is 2.43. The number of hydrogen-bond acceptors (Lipinski definition) is 1. The standard InChI is InChI=1S/C12H21BrF3N/c1-2-4-10-5-3-7-17(8-6-10)9-11(13)12(14,15)16/h10-11H,2-9H2,1H3. The van der Waals surface area contributed by atoms with Crippen LogP contribution in [-0.4, -0.2) is 35.5 Å². The van der Waals surface area contributed by atoms with E-state index in [9.17, 15) is 13.2 Å². The second-order valence-corrected chi connectivity index (χ2v) is 6.00. The molecule has 1 fully saturated rings. The van der Waals surface area contributed by atoms with Crippen molar-refractivity contribution in [3.63, 3.8) is 0 Å². The van der Waals surface area contributed by atoms with Crippen LogP contribution in [0.25, 0.3) is 0 Å². The van der Waals surface area contributed by atoms with E-state index < -0.39 is 11.0 Å². The van der Waals surface area contributed by atoms with Gasteiger partial charge in [0.05, 0.1) is 0 Å². The first-order valence-corrected chi connectivity index (χ1v) is 7.28. The van der Waals surface area contributed by atoms with Crippen LogP contribution < -0.4 is 0 Å². The summed E-state index contributed by atoms with van der Waals surface area (Å²) in [6.07, 6.45) is 1.51. The fourth-order valence-corrected chi connectivity index (χ4v) is 2.84. The Kier molecular flexibility index (Phi) is 6.27. The molecule has 1 aliphatic heterocycles. The average molecular weight is 316 g/mol. The summed E-state index contributed by atoms with van der Waals surface area (Å²) >= 11 is 2.74. The minimum Gasteiger partial charge on any atom is -0.302 e. The van der Waals surface area contributed by atoms with Crippen molar-refractivity contribution in [2.24, 2.45) is 5.92 Å². The maximum absolute atomic E-state index is 12.4. The molecule has 0 N–H and O–H groups in total. The van der Waals surface area contributed by atoms with Gasteiger partial charge in [-0.15, -0.1) is 0 Å². The van der Waals surface area contributed by atoms with Crippen LogP contribution in [0, 0.1) is 5.92 Å². The van der Waals surface area contributed by atoms with Gasteiger partial charge in [0.15, 0.2) is 0 Å². The van der Waals surface area contributed by atoms with Crippen LogP contribution in [0.1, 0.15) is 39.0 Å². The molecule has 2 unspecified atom stereocenters. The van der Waals surface area contributed by atoms with Crippen LogP contribution in [0.4, 0.5) is 13.2 Å². The first-order chi connectivity index (χ1) is 7.93. The Hall–Kier alpha value is 0.230. The van der Waals surface area contributed by atoms with E-state index in [2.05, 4.69) is 22.9 Å². The lowest BCUT2D eigenvalue weighted by molar-refractivity contribution is -0.130. The lowest BCUT2D eigenvalue weighted by atomic mass is 9.96. The van der Waals surface area contributed by atoms with Gasteiger partial charge in [-0.05, 0) is 38.3 Å². The van der Waals surface area contributed by atoms with Crippen molar-refractivity contribution in [1.29, 1.82) is 0 Å². The van der Waals surface area contributed by atoms with Crippen molar-refractivity contribution in [1.82, 2.24) is 4.90 Å². The monoisotopic (exact) mass is 315 g/mol. The van der Waals surface area contributed by atoms with Crippen molar-refractivity contribution in [2.45, 2.75) is 50.0 Å². The highest BCUT2D eigenvalue weighted by atomic mass is 79.9. The summed E-state index contributed by atoms with van der Waals surface area (Å²) in [5, 5.41) is 0. The van der Waals surface area contributed by atoms with Crippen LogP contribution in [0.2, 0.25) is 0 Å². The van der Waals surface area contributed by atoms with E-state index >= 15 is 0 Å².